The molecular formula is C9H18N2O. The minimum absolute atomic E-state index is 0.882. The van der Waals surface area contributed by atoms with Gasteiger partial charge in [-0.3, -0.25) is 0 Å². The zero-order valence-electron chi connectivity index (χ0n) is 7.75. The predicted octanol–water partition coefficient (Wildman–Crippen LogP) is -0.216. The summed E-state index contributed by atoms with van der Waals surface area (Å²) in [6, 6.07) is 0. The van der Waals surface area contributed by atoms with Crippen molar-refractivity contribution in [1.82, 2.24) is 10.2 Å². The van der Waals surface area contributed by atoms with E-state index in [2.05, 4.69) is 10.2 Å². The van der Waals surface area contributed by atoms with Gasteiger partial charge >= 0.3 is 0 Å². The minimum atomic E-state index is 0.882. The maximum atomic E-state index is 5.07. The molecule has 2 heterocycles. The Bertz CT molecular complexity index is 139. The molecule has 2 saturated heterocycles. The molecule has 0 saturated carbocycles. The first-order valence-electron chi connectivity index (χ1n) is 4.82. The third-order valence-electron chi connectivity index (χ3n) is 3.08. The van der Waals surface area contributed by atoms with E-state index in [4.69, 9.17) is 4.74 Å². The van der Waals surface area contributed by atoms with Crippen molar-refractivity contribution < 1.29 is 4.74 Å². The lowest BCUT2D eigenvalue weighted by Gasteiger charge is -2.15. The molecule has 2 fully saturated rings. The Balaban J connectivity index is 1.75. The first-order chi connectivity index (χ1) is 5.90. The normalized spacial score (nSPS) is 35.8. The van der Waals surface area contributed by atoms with Crippen LogP contribution in [0.1, 0.15) is 0 Å². The van der Waals surface area contributed by atoms with E-state index in [0.717, 1.165) is 25.0 Å². The van der Waals surface area contributed by atoms with Crippen LogP contribution in [0.5, 0.6) is 0 Å². The van der Waals surface area contributed by atoms with Gasteiger partial charge in [0.1, 0.15) is 0 Å². The first-order valence-corrected chi connectivity index (χ1v) is 4.82. The van der Waals surface area contributed by atoms with E-state index in [9.17, 15) is 0 Å². The first kappa shape index (κ1) is 8.48. The van der Waals surface area contributed by atoms with Crippen LogP contribution in [0.2, 0.25) is 0 Å². The Morgan fingerprint density at radius 3 is 2.58 bits per heavy atom. The molecule has 2 aliphatic rings. The Kier molecular flexibility index (Phi) is 2.63. The van der Waals surface area contributed by atoms with Crippen LogP contribution in [0.3, 0.4) is 0 Å². The van der Waals surface area contributed by atoms with Crippen LogP contribution in [0, 0.1) is 11.8 Å². The quantitative estimate of drug-likeness (QED) is 0.634. The van der Waals surface area contributed by atoms with Crippen molar-refractivity contribution >= 4 is 0 Å². The summed E-state index contributed by atoms with van der Waals surface area (Å²) in [6.45, 7) is 7.01. The largest absolute Gasteiger partial charge is 0.383 e. The number of nitrogens with one attached hydrogen (secondary N) is 1. The van der Waals surface area contributed by atoms with E-state index in [0.29, 0.717) is 0 Å². The van der Waals surface area contributed by atoms with Gasteiger partial charge < -0.3 is 15.0 Å². The average molecular weight is 170 g/mol. The summed E-state index contributed by atoms with van der Waals surface area (Å²) in [5.41, 5.74) is 0. The van der Waals surface area contributed by atoms with E-state index in [1.54, 1.807) is 7.11 Å². The number of likely N-dealkylation sites (tertiary alicyclic amines) is 1. The standard InChI is InChI=1S/C9H18N2O/c1-12-3-2-11-6-8-4-10-5-9(8)7-11/h8-10H,2-7H2,1H3/t8-,9+. The van der Waals surface area contributed by atoms with Gasteiger partial charge in [-0.25, -0.2) is 0 Å². The van der Waals surface area contributed by atoms with Crippen molar-refractivity contribution in [2.24, 2.45) is 11.8 Å². The van der Waals surface area contributed by atoms with Crippen LogP contribution in [-0.2, 0) is 4.74 Å². The molecule has 0 aromatic carbocycles. The molecule has 0 unspecified atom stereocenters. The molecule has 0 bridgehead atoms. The van der Waals surface area contributed by atoms with Crippen molar-refractivity contribution in [2.45, 2.75) is 0 Å². The summed E-state index contributed by atoms with van der Waals surface area (Å²) in [7, 11) is 1.78. The summed E-state index contributed by atoms with van der Waals surface area (Å²) >= 11 is 0. The number of methoxy groups -OCH3 is 1. The number of rotatable bonds is 3. The molecule has 0 radical (unpaired) electrons. The second-order valence-electron chi connectivity index (χ2n) is 3.93. The van der Waals surface area contributed by atoms with E-state index >= 15 is 0 Å². The van der Waals surface area contributed by atoms with E-state index < -0.39 is 0 Å². The molecule has 0 aliphatic carbocycles. The lowest BCUT2D eigenvalue weighted by Crippen LogP contribution is -2.28. The van der Waals surface area contributed by atoms with Gasteiger partial charge in [-0.15, -0.1) is 0 Å². The molecular weight excluding hydrogens is 152 g/mol. The van der Waals surface area contributed by atoms with Crippen LogP contribution in [-0.4, -0.2) is 51.3 Å². The molecule has 2 atom stereocenters. The van der Waals surface area contributed by atoms with Crippen LogP contribution in [0.25, 0.3) is 0 Å². The predicted molar refractivity (Wildman–Crippen MR) is 48.2 cm³/mol. The second kappa shape index (κ2) is 3.73. The molecule has 0 spiro atoms. The Hall–Kier alpha value is -0.120. The molecule has 1 N–H and O–H groups in total. The summed E-state index contributed by atoms with van der Waals surface area (Å²) in [5, 5.41) is 3.44. The van der Waals surface area contributed by atoms with Crippen molar-refractivity contribution in [3.63, 3.8) is 0 Å². The zero-order valence-corrected chi connectivity index (χ0v) is 7.75. The third-order valence-corrected chi connectivity index (χ3v) is 3.08. The second-order valence-corrected chi connectivity index (χ2v) is 3.93. The van der Waals surface area contributed by atoms with E-state index in [1.165, 1.54) is 26.2 Å². The van der Waals surface area contributed by atoms with Gasteiger partial charge in [-0.05, 0) is 24.9 Å². The summed E-state index contributed by atoms with van der Waals surface area (Å²) < 4.78 is 5.07. The molecule has 70 valence electrons. The fourth-order valence-electron chi connectivity index (χ4n) is 2.36. The highest BCUT2D eigenvalue weighted by Crippen LogP contribution is 2.25. The van der Waals surface area contributed by atoms with E-state index in [1.807, 2.05) is 0 Å². The monoisotopic (exact) mass is 170 g/mol. The Morgan fingerprint density at radius 1 is 1.33 bits per heavy atom. The third kappa shape index (κ3) is 1.63. The summed E-state index contributed by atoms with van der Waals surface area (Å²) in [4.78, 5) is 2.53. The molecule has 12 heavy (non-hydrogen) atoms. The number of ether oxygens (including phenoxy) is 1. The molecule has 0 aromatic rings. The van der Waals surface area contributed by atoms with Crippen LogP contribution in [0.15, 0.2) is 0 Å². The fraction of sp³-hybridized carbons (Fsp3) is 1.00. The highest BCUT2D eigenvalue weighted by molar-refractivity contribution is 4.90. The van der Waals surface area contributed by atoms with Crippen molar-refractivity contribution in [1.29, 1.82) is 0 Å². The number of fused-ring (bicyclic) bond motifs is 1. The highest BCUT2D eigenvalue weighted by atomic mass is 16.5. The molecule has 3 heteroatoms. The van der Waals surface area contributed by atoms with Crippen LogP contribution >= 0.6 is 0 Å². The smallest absolute Gasteiger partial charge is 0.0589 e. The number of nitrogens with zero attached hydrogens (tertiary/aromatic N) is 1. The van der Waals surface area contributed by atoms with Gasteiger partial charge in [-0.1, -0.05) is 0 Å². The molecule has 2 rings (SSSR count). The maximum Gasteiger partial charge on any atom is 0.0589 e. The Labute approximate surface area is 74.1 Å². The van der Waals surface area contributed by atoms with Gasteiger partial charge in [-0.2, -0.15) is 0 Å². The van der Waals surface area contributed by atoms with E-state index in [-0.39, 0.29) is 0 Å². The van der Waals surface area contributed by atoms with Gasteiger partial charge in [0.2, 0.25) is 0 Å². The molecule has 0 aromatic heterocycles. The SMILES string of the molecule is COCCN1C[C@H]2CNC[C@H]2C1. The molecule has 0 amide bonds. The maximum absolute atomic E-state index is 5.07. The van der Waals surface area contributed by atoms with Crippen molar-refractivity contribution in [3.05, 3.63) is 0 Å². The minimum Gasteiger partial charge on any atom is -0.383 e. The lowest BCUT2D eigenvalue weighted by molar-refractivity contribution is 0.157. The summed E-state index contributed by atoms with van der Waals surface area (Å²) in [6.07, 6.45) is 0. The molecule has 3 nitrogen and oxygen atoms in total. The van der Waals surface area contributed by atoms with Crippen LogP contribution < -0.4 is 5.32 Å². The summed E-state index contributed by atoms with van der Waals surface area (Å²) in [5.74, 6) is 1.84. The highest BCUT2D eigenvalue weighted by Gasteiger charge is 2.35. The average Bonchev–Trinajstić information content (AvgIpc) is 2.58. The van der Waals surface area contributed by atoms with Gasteiger partial charge in [0, 0.05) is 26.7 Å². The Morgan fingerprint density at radius 2 is 2.00 bits per heavy atom. The topological polar surface area (TPSA) is 24.5 Å². The van der Waals surface area contributed by atoms with Crippen LogP contribution in [0.4, 0.5) is 0 Å². The number of hydrogen-bond donors (Lipinski definition) is 1. The van der Waals surface area contributed by atoms with Crippen molar-refractivity contribution in [2.75, 3.05) is 46.4 Å². The lowest BCUT2D eigenvalue weighted by atomic mass is 10.0. The number of hydrogen-bond acceptors (Lipinski definition) is 3. The van der Waals surface area contributed by atoms with Gasteiger partial charge in [0.25, 0.3) is 0 Å². The zero-order chi connectivity index (χ0) is 8.39. The van der Waals surface area contributed by atoms with Gasteiger partial charge in [0.15, 0.2) is 0 Å². The van der Waals surface area contributed by atoms with Gasteiger partial charge in [0.05, 0.1) is 6.61 Å². The fourth-order valence-corrected chi connectivity index (χ4v) is 2.36. The molecule has 2 aliphatic heterocycles. The van der Waals surface area contributed by atoms with Crippen molar-refractivity contribution in [3.8, 4) is 0 Å².